The second-order valence-electron chi connectivity index (χ2n) is 8.72. The number of imidazole rings is 1. The third-order valence-electron chi connectivity index (χ3n) is 6.47. The highest BCUT2D eigenvalue weighted by atomic mass is 16.4. The van der Waals surface area contributed by atoms with Gasteiger partial charge in [0.25, 0.3) is 0 Å². The number of fused-ring (bicyclic) bond motifs is 1. The summed E-state index contributed by atoms with van der Waals surface area (Å²) in [4.78, 5) is 37.9. The van der Waals surface area contributed by atoms with Gasteiger partial charge in [-0.1, -0.05) is 6.92 Å². The zero-order chi connectivity index (χ0) is 23.8. The SMILES string of the molecule is CCC(N(C)C)C1(Nc2ncnc3c2nc(-c2cnc(C)nc2)n3CC)CCN(C(=O)O)C1. The lowest BCUT2D eigenvalue weighted by atomic mass is 9.86. The minimum Gasteiger partial charge on any atom is -0.465 e. The molecule has 0 radical (unpaired) electrons. The number of aromatic nitrogens is 6. The number of carboxylic acid groups (broad SMARTS) is 1. The molecule has 3 aromatic rings. The van der Waals surface area contributed by atoms with E-state index in [1.54, 1.807) is 12.4 Å². The normalized spacial score (nSPS) is 19.4. The summed E-state index contributed by atoms with van der Waals surface area (Å²) in [5.74, 6) is 2.03. The average molecular weight is 454 g/mol. The summed E-state index contributed by atoms with van der Waals surface area (Å²) in [5, 5.41) is 13.3. The van der Waals surface area contributed by atoms with Crippen LogP contribution in [0, 0.1) is 6.92 Å². The van der Waals surface area contributed by atoms with E-state index in [0.29, 0.717) is 48.9 Å². The fraction of sp³-hybridized carbons (Fsp3) is 0.545. The second kappa shape index (κ2) is 8.89. The summed E-state index contributed by atoms with van der Waals surface area (Å²) in [7, 11) is 4.05. The first-order valence-electron chi connectivity index (χ1n) is 11.2. The molecule has 1 aliphatic rings. The van der Waals surface area contributed by atoms with Crippen molar-refractivity contribution in [1.29, 1.82) is 0 Å². The van der Waals surface area contributed by atoms with Crippen molar-refractivity contribution in [3.63, 3.8) is 0 Å². The highest BCUT2D eigenvalue weighted by Crippen LogP contribution is 2.35. The van der Waals surface area contributed by atoms with Crippen LogP contribution < -0.4 is 5.32 Å². The lowest BCUT2D eigenvalue weighted by Gasteiger charge is -2.41. The van der Waals surface area contributed by atoms with Gasteiger partial charge in [0.2, 0.25) is 0 Å². The first-order chi connectivity index (χ1) is 15.8. The van der Waals surface area contributed by atoms with Crippen LogP contribution in [0.4, 0.5) is 10.6 Å². The number of hydrogen-bond donors (Lipinski definition) is 2. The Morgan fingerprint density at radius 3 is 2.55 bits per heavy atom. The molecule has 3 aromatic heterocycles. The molecule has 0 spiro atoms. The summed E-state index contributed by atoms with van der Waals surface area (Å²) < 4.78 is 2.02. The maximum atomic E-state index is 11.7. The molecule has 0 saturated carbocycles. The van der Waals surface area contributed by atoms with Gasteiger partial charge in [-0.3, -0.25) is 0 Å². The Kier molecular flexibility index (Phi) is 6.15. The van der Waals surface area contributed by atoms with E-state index < -0.39 is 11.6 Å². The highest BCUT2D eigenvalue weighted by Gasteiger charge is 2.47. The van der Waals surface area contributed by atoms with Gasteiger partial charge in [-0.2, -0.15) is 0 Å². The molecule has 4 heterocycles. The largest absolute Gasteiger partial charge is 0.465 e. The maximum absolute atomic E-state index is 11.7. The first-order valence-corrected chi connectivity index (χ1v) is 11.2. The number of nitrogens with zero attached hydrogens (tertiary/aromatic N) is 8. The number of nitrogens with one attached hydrogen (secondary N) is 1. The van der Waals surface area contributed by atoms with Gasteiger partial charge in [-0.15, -0.1) is 0 Å². The number of aryl methyl sites for hydroxylation is 2. The third-order valence-corrected chi connectivity index (χ3v) is 6.47. The summed E-state index contributed by atoms with van der Waals surface area (Å²) >= 11 is 0. The Labute approximate surface area is 192 Å². The first kappa shape index (κ1) is 22.8. The molecule has 0 aromatic carbocycles. The molecule has 1 fully saturated rings. The van der Waals surface area contributed by atoms with E-state index in [2.05, 4.69) is 37.1 Å². The van der Waals surface area contributed by atoms with E-state index in [9.17, 15) is 9.90 Å². The average Bonchev–Trinajstić information content (AvgIpc) is 3.37. The number of rotatable bonds is 7. The van der Waals surface area contributed by atoms with Crippen molar-refractivity contribution in [1.82, 2.24) is 39.3 Å². The van der Waals surface area contributed by atoms with Gasteiger partial charge in [0.1, 0.15) is 18.0 Å². The quantitative estimate of drug-likeness (QED) is 0.555. The van der Waals surface area contributed by atoms with E-state index in [1.807, 2.05) is 32.5 Å². The van der Waals surface area contributed by atoms with Crippen LogP contribution in [-0.4, -0.2) is 89.3 Å². The minimum atomic E-state index is -0.906. The summed E-state index contributed by atoms with van der Waals surface area (Å²) in [6, 6.07) is 0.102. The minimum absolute atomic E-state index is 0.102. The maximum Gasteiger partial charge on any atom is 0.407 e. The van der Waals surface area contributed by atoms with Crippen molar-refractivity contribution in [2.75, 3.05) is 32.5 Å². The lowest BCUT2D eigenvalue weighted by Crippen LogP contribution is -2.57. The van der Waals surface area contributed by atoms with Crippen LogP contribution in [0.15, 0.2) is 18.7 Å². The molecular weight excluding hydrogens is 422 g/mol. The number of carbonyl (C=O) groups is 1. The number of likely N-dealkylation sites (tertiary alicyclic amines) is 1. The topological polar surface area (TPSA) is 125 Å². The van der Waals surface area contributed by atoms with Crippen LogP contribution >= 0.6 is 0 Å². The molecule has 1 aliphatic heterocycles. The Morgan fingerprint density at radius 2 is 1.97 bits per heavy atom. The molecule has 0 aliphatic carbocycles. The second-order valence-corrected chi connectivity index (χ2v) is 8.72. The molecule has 2 N–H and O–H groups in total. The number of hydrogen-bond acceptors (Lipinski definition) is 8. The van der Waals surface area contributed by atoms with Gasteiger partial charge in [0.05, 0.1) is 11.1 Å². The van der Waals surface area contributed by atoms with E-state index in [-0.39, 0.29) is 6.04 Å². The van der Waals surface area contributed by atoms with Gasteiger partial charge in [0.15, 0.2) is 17.0 Å². The van der Waals surface area contributed by atoms with Crippen molar-refractivity contribution in [3.05, 3.63) is 24.5 Å². The summed E-state index contributed by atoms with van der Waals surface area (Å²) in [6.45, 7) is 7.51. The zero-order valence-corrected chi connectivity index (χ0v) is 19.8. The van der Waals surface area contributed by atoms with Gasteiger partial charge in [-0.25, -0.2) is 29.7 Å². The van der Waals surface area contributed by atoms with Crippen molar-refractivity contribution in [2.24, 2.45) is 0 Å². The van der Waals surface area contributed by atoms with Crippen LogP contribution in [0.1, 0.15) is 32.5 Å². The molecule has 1 amide bonds. The van der Waals surface area contributed by atoms with Crippen molar-refractivity contribution in [2.45, 2.75) is 51.7 Å². The van der Waals surface area contributed by atoms with E-state index in [4.69, 9.17) is 4.98 Å². The molecule has 1 saturated heterocycles. The lowest BCUT2D eigenvalue weighted by molar-refractivity contribution is 0.144. The van der Waals surface area contributed by atoms with Crippen molar-refractivity contribution >= 4 is 23.1 Å². The zero-order valence-electron chi connectivity index (χ0n) is 19.8. The standard InChI is InChI=1S/C22H31N9O2/c1-6-16(29(4)5)22(8-9-30(12-22)21(32)33)28-18-17-20(26-13-25-18)31(7-2)19(27-17)15-10-23-14(3)24-11-15/h10-11,13,16H,6-9,12H2,1-5H3,(H,32,33)(H,25,26,28). The van der Waals surface area contributed by atoms with E-state index in [0.717, 1.165) is 17.8 Å². The molecule has 176 valence electrons. The number of anilines is 1. The molecule has 2 unspecified atom stereocenters. The Balaban J connectivity index is 1.81. The summed E-state index contributed by atoms with van der Waals surface area (Å²) in [5.41, 5.74) is 1.67. The molecule has 11 nitrogen and oxygen atoms in total. The predicted molar refractivity (Wildman–Crippen MR) is 125 cm³/mol. The molecule has 4 rings (SSSR count). The third kappa shape index (κ3) is 4.08. The predicted octanol–water partition coefficient (Wildman–Crippen LogP) is 2.49. The van der Waals surface area contributed by atoms with Crippen molar-refractivity contribution < 1.29 is 9.90 Å². The number of amides is 1. The fourth-order valence-corrected chi connectivity index (χ4v) is 5.00. The Morgan fingerprint density at radius 1 is 1.24 bits per heavy atom. The van der Waals surface area contributed by atoms with Crippen molar-refractivity contribution in [3.8, 4) is 11.4 Å². The molecule has 11 heteroatoms. The summed E-state index contributed by atoms with van der Waals surface area (Å²) in [6.07, 6.45) is 5.68. The molecular formula is C22H31N9O2. The van der Waals surface area contributed by atoms with Crippen LogP contribution in [0.5, 0.6) is 0 Å². The monoisotopic (exact) mass is 453 g/mol. The molecule has 0 bridgehead atoms. The van der Waals surface area contributed by atoms with E-state index in [1.165, 1.54) is 11.2 Å². The van der Waals surface area contributed by atoms with Crippen LogP contribution in [0.2, 0.25) is 0 Å². The van der Waals surface area contributed by atoms with Crippen LogP contribution in [-0.2, 0) is 6.54 Å². The van der Waals surface area contributed by atoms with Gasteiger partial charge < -0.3 is 24.8 Å². The van der Waals surface area contributed by atoms with Gasteiger partial charge in [-0.05, 0) is 40.8 Å². The van der Waals surface area contributed by atoms with Gasteiger partial charge >= 0.3 is 6.09 Å². The van der Waals surface area contributed by atoms with E-state index >= 15 is 0 Å². The molecule has 33 heavy (non-hydrogen) atoms. The number of likely N-dealkylation sites (N-methyl/N-ethyl adjacent to an activating group) is 1. The smallest absolute Gasteiger partial charge is 0.407 e. The molecule has 2 atom stereocenters. The van der Waals surface area contributed by atoms with Crippen LogP contribution in [0.3, 0.4) is 0 Å². The Hall–Kier alpha value is -3.34. The highest BCUT2D eigenvalue weighted by molar-refractivity contribution is 5.86. The van der Waals surface area contributed by atoms with Gasteiger partial charge in [0, 0.05) is 38.1 Å². The Bertz CT molecular complexity index is 1140. The van der Waals surface area contributed by atoms with Crippen LogP contribution in [0.25, 0.3) is 22.6 Å². The fourth-order valence-electron chi connectivity index (χ4n) is 5.00.